The average Bonchev–Trinajstić information content (AvgIpc) is 2.62. The lowest BCUT2D eigenvalue weighted by atomic mass is 9.82. The highest BCUT2D eigenvalue weighted by Gasteiger charge is 2.22. The Morgan fingerprint density at radius 3 is 1.65 bits per heavy atom. The zero-order valence-electron chi connectivity index (χ0n) is 16.7. The van der Waals surface area contributed by atoms with Gasteiger partial charge in [0.15, 0.2) is 0 Å². The molecule has 0 atom stereocenters. The van der Waals surface area contributed by atoms with Crippen molar-refractivity contribution in [1.29, 1.82) is 0 Å². The summed E-state index contributed by atoms with van der Waals surface area (Å²) in [7, 11) is -3.53. The van der Waals surface area contributed by atoms with Crippen LogP contribution in [-0.2, 0) is 15.3 Å². The van der Waals surface area contributed by atoms with Gasteiger partial charge >= 0.3 is 0 Å². The third-order valence-electron chi connectivity index (χ3n) is 5.21. The molecule has 0 heterocycles. The molecule has 0 aliphatic rings. The van der Waals surface area contributed by atoms with E-state index in [0.717, 1.165) is 18.4 Å². The van der Waals surface area contributed by atoms with E-state index in [9.17, 15) is 8.42 Å². The van der Waals surface area contributed by atoms with E-state index in [0.29, 0.717) is 10.6 Å². The molecule has 2 aromatic rings. The molecule has 26 heavy (non-hydrogen) atoms. The van der Waals surface area contributed by atoms with Crippen LogP contribution in [0.2, 0.25) is 0 Å². The lowest BCUT2D eigenvalue weighted by Crippen LogP contribution is -2.26. The fraction of sp³-hybridized carbons (Fsp3) is 0.455. The summed E-state index contributed by atoms with van der Waals surface area (Å²) >= 11 is 0. The molecule has 0 radical (unpaired) electrons. The van der Waals surface area contributed by atoms with Crippen LogP contribution in [0.5, 0.6) is 5.75 Å². The van der Waals surface area contributed by atoms with Crippen LogP contribution in [0.25, 0.3) is 0 Å². The second-order valence-electron chi connectivity index (χ2n) is 7.95. The van der Waals surface area contributed by atoms with Gasteiger partial charge < -0.3 is 4.74 Å². The van der Waals surface area contributed by atoms with Crippen LogP contribution in [0, 0.1) is 0 Å². The maximum atomic E-state index is 12.9. The molecule has 0 saturated carbocycles. The molecule has 2 aromatic carbocycles. The molecule has 2 rings (SSSR count). The Kier molecular flexibility index (Phi) is 5.86. The van der Waals surface area contributed by atoms with Crippen molar-refractivity contribution in [2.24, 2.45) is 0 Å². The SMILES string of the molecule is CCC(C)(C)Oc1ccc(S(=O)(=O)c2ccc(C(C)(C)CC)cc2)cc1. The predicted octanol–water partition coefficient (Wildman–Crippen LogP) is 5.77. The molecule has 0 saturated heterocycles. The van der Waals surface area contributed by atoms with E-state index >= 15 is 0 Å². The second-order valence-corrected chi connectivity index (χ2v) is 9.90. The lowest BCUT2D eigenvalue weighted by Gasteiger charge is -2.25. The van der Waals surface area contributed by atoms with E-state index < -0.39 is 9.84 Å². The first-order valence-electron chi connectivity index (χ1n) is 9.16. The second kappa shape index (κ2) is 7.43. The van der Waals surface area contributed by atoms with Crippen molar-refractivity contribution in [2.75, 3.05) is 0 Å². The summed E-state index contributed by atoms with van der Waals surface area (Å²) in [6, 6.07) is 13.9. The number of sulfone groups is 1. The first-order chi connectivity index (χ1) is 12.0. The van der Waals surface area contributed by atoms with Gasteiger partial charge in [-0.2, -0.15) is 0 Å². The summed E-state index contributed by atoms with van der Waals surface area (Å²) in [5, 5.41) is 0. The Morgan fingerprint density at radius 1 is 0.769 bits per heavy atom. The van der Waals surface area contributed by atoms with Crippen molar-refractivity contribution in [3.8, 4) is 5.75 Å². The molecule has 0 unspecified atom stereocenters. The smallest absolute Gasteiger partial charge is 0.206 e. The summed E-state index contributed by atoms with van der Waals surface area (Å²) in [6.07, 6.45) is 1.86. The van der Waals surface area contributed by atoms with Gasteiger partial charge in [-0.1, -0.05) is 39.8 Å². The van der Waals surface area contributed by atoms with E-state index in [1.165, 1.54) is 0 Å². The van der Waals surface area contributed by atoms with E-state index in [2.05, 4.69) is 27.7 Å². The van der Waals surface area contributed by atoms with Crippen LogP contribution in [-0.4, -0.2) is 14.0 Å². The van der Waals surface area contributed by atoms with E-state index in [-0.39, 0.29) is 15.9 Å². The fourth-order valence-corrected chi connectivity index (χ4v) is 3.76. The quantitative estimate of drug-likeness (QED) is 0.617. The molecule has 142 valence electrons. The molecule has 0 fully saturated rings. The van der Waals surface area contributed by atoms with Crippen LogP contribution in [0.4, 0.5) is 0 Å². The number of benzene rings is 2. The monoisotopic (exact) mass is 374 g/mol. The molecule has 0 aromatic heterocycles. The Morgan fingerprint density at radius 2 is 1.23 bits per heavy atom. The summed E-state index contributed by atoms with van der Waals surface area (Å²) in [4.78, 5) is 0.595. The largest absolute Gasteiger partial charge is 0.488 e. The van der Waals surface area contributed by atoms with Gasteiger partial charge in [0.2, 0.25) is 9.84 Å². The minimum Gasteiger partial charge on any atom is -0.488 e. The summed E-state index contributed by atoms with van der Waals surface area (Å²) in [5.74, 6) is 0.677. The maximum absolute atomic E-state index is 12.9. The van der Waals surface area contributed by atoms with Gasteiger partial charge in [0.1, 0.15) is 11.4 Å². The zero-order chi connectivity index (χ0) is 19.6. The number of hydrogen-bond donors (Lipinski definition) is 0. The number of ether oxygens (including phenoxy) is 1. The molecule has 0 aliphatic heterocycles. The van der Waals surface area contributed by atoms with Gasteiger partial charge in [0, 0.05) is 0 Å². The minimum atomic E-state index is -3.53. The molecule has 0 spiro atoms. The topological polar surface area (TPSA) is 43.4 Å². The van der Waals surface area contributed by atoms with Crippen molar-refractivity contribution in [2.45, 2.75) is 75.2 Å². The Labute approximate surface area is 158 Å². The Bertz CT molecular complexity index is 830. The van der Waals surface area contributed by atoms with Crippen LogP contribution in [0.15, 0.2) is 58.3 Å². The standard InChI is InChI=1S/C22H30O3S/c1-7-21(3,4)17-9-13-19(14-10-17)26(23,24)20-15-11-18(12-16-20)25-22(5,6)8-2/h9-16H,7-8H2,1-6H3. The molecular formula is C22H30O3S. The highest BCUT2D eigenvalue weighted by atomic mass is 32.2. The van der Waals surface area contributed by atoms with Crippen molar-refractivity contribution in [1.82, 2.24) is 0 Å². The van der Waals surface area contributed by atoms with Gasteiger partial charge in [-0.25, -0.2) is 8.42 Å². The number of hydrogen-bond acceptors (Lipinski definition) is 3. The van der Waals surface area contributed by atoms with Gasteiger partial charge in [-0.05, 0) is 74.1 Å². The van der Waals surface area contributed by atoms with Crippen LogP contribution in [0.3, 0.4) is 0 Å². The Hall–Kier alpha value is -1.81. The molecule has 0 aliphatic carbocycles. The Balaban J connectivity index is 2.27. The third-order valence-corrected chi connectivity index (χ3v) is 7.00. The summed E-state index contributed by atoms with van der Waals surface area (Å²) in [5.41, 5.74) is 0.903. The van der Waals surface area contributed by atoms with Gasteiger partial charge in [0.25, 0.3) is 0 Å². The van der Waals surface area contributed by atoms with Crippen LogP contribution in [0.1, 0.15) is 59.9 Å². The lowest BCUT2D eigenvalue weighted by molar-refractivity contribution is 0.105. The molecule has 3 nitrogen and oxygen atoms in total. The number of rotatable bonds is 7. The molecule has 0 N–H and O–H groups in total. The van der Waals surface area contributed by atoms with Crippen molar-refractivity contribution >= 4 is 9.84 Å². The van der Waals surface area contributed by atoms with Gasteiger partial charge in [-0.3, -0.25) is 0 Å². The van der Waals surface area contributed by atoms with E-state index in [1.807, 2.05) is 26.0 Å². The van der Waals surface area contributed by atoms with Crippen molar-refractivity contribution in [3.63, 3.8) is 0 Å². The minimum absolute atomic E-state index is 0.0351. The average molecular weight is 375 g/mol. The normalized spacial score (nSPS) is 12.8. The summed E-state index contributed by atoms with van der Waals surface area (Å²) in [6.45, 7) is 12.5. The predicted molar refractivity (Wildman–Crippen MR) is 107 cm³/mol. The molecule has 0 bridgehead atoms. The summed E-state index contributed by atoms with van der Waals surface area (Å²) < 4.78 is 31.6. The first kappa shape index (κ1) is 20.5. The molecule has 4 heteroatoms. The van der Waals surface area contributed by atoms with Gasteiger partial charge in [0.05, 0.1) is 9.79 Å². The first-order valence-corrected chi connectivity index (χ1v) is 10.6. The molecular weight excluding hydrogens is 344 g/mol. The highest BCUT2D eigenvalue weighted by Crippen LogP contribution is 2.30. The van der Waals surface area contributed by atoms with Crippen molar-refractivity contribution in [3.05, 3.63) is 54.1 Å². The van der Waals surface area contributed by atoms with Crippen molar-refractivity contribution < 1.29 is 13.2 Å². The van der Waals surface area contributed by atoms with Gasteiger partial charge in [-0.15, -0.1) is 0 Å². The highest BCUT2D eigenvalue weighted by molar-refractivity contribution is 7.91. The van der Waals surface area contributed by atoms with Crippen LogP contribution >= 0.6 is 0 Å². The molecule has 0 amide bonds. The third kappa shape index (κ3) is 4.47. The maximum Gasteiger partial charge on any atom is 0.206 e. The zero-order valence-corrected chi connectivity index (χ0v) is 17.5. The van der Waals surface area contributed by atoms with Crippen LogP contribution < -0.4 is 4.74 Å². The van der Waals surface area contributed by atoms with E-state index in [4.69, 9.17) is 4.74 Å². The van der Waals surface area contributed by atoms with E-state index in [1.54, 1.807) is 36.4 Å². The fourth-order valence-electron chi connectivity index (χ4n) is 2.50.